The second-order valence-electron chi connectivity index (χ2n) is 4.89. The van der Waals surface area contributed by atoms with Crippen molar-refractivity contribution in [3.63, 3.8) is 0 Å². The van der Waals surface area contributed by atoms with Crippen molar-refractivity contribution in [1.29, 1.82) is 0 Å². The number of carbonyl (C=O) groups is 1. The summed E-state index contributed by atoms with van der Waals surface area (Å²) in [6, 6.07) is 5.91. The Labute approximate surface area is 134 Å². The minimum absolute atomic E-state index is 0.0937. The lowest BCUT2D eigenvalue weighted by Crippen LogP contribution is -2.37. The second-order valence-corrected chi connectivity index (χ2v) is 5.84. The molecule has 2 rings (SSSR count). The van der Waals surface area contributed by atoms with Crippen molar-refractivity contribution < 1.29 is 9.53 Å². The van der Waals surface area contributed by atoms with Gasteiger partial charge >= 0.3 is 6.03 Å². The summed E-state index contributed by atoms with van der Waals surface area (Å²) in [6.45, 7) is 4.45. The number of ether oxygens (including phenoxy) is 1. The summed E-state index contributed by atoms with van der Waals surface area (Å²) in [7, 11) is 1.77. The van der Waals surface area contributed by atoms with Crippen LogP contribution >= 0.6 is 11.3 Å². The van der Waals surface area contributed by atoms with Gasteiger partial charge in [0.05, 0.1) is 17.1 Å². The monoisotopic (exact) mass is 322 g/mol. The number of thiophene rings is 1. The van der Waals surface area contributed by atoms with E-state index in [4.69, 9.17) is 4.74 Å². The molecule has 120 valence electrons. The SMILES string of the molecule is CCOCCCNC(=O)N(C)Cc1cc(-c2cccs2)n[nH]1. The van der Waals surface area contributed by atoms with Gasteiger partial charge in [0.25, 0.3) is 0 Å². The third-order valence-corrected chi connectivity index (χ3v) is 4.00. The fourth-order valence-electron chi connectivity index (χ4n) is 1.97. The molecule has 0 spiro atoms. The first-order valence-corrected chi connectivity index (χ1v) is 8.23. The number of amides is 2. The normalized spacial score (nSPS) is 10.6. The Morgan fingerprint density at radius 2 is 2.41 bits per heavy atom. The van der Waals surface area contributed by atoms with Crippen LogP contribution in [0.2, 0.25) is 0 Å². The summed E-state index contributed by atoms with van der Waals surface area (Å²) in [5.41, 5.74) is 1.82. The van der Waals surface area contributed by atoms with Crippen LogP contribution < -0.4 is 5.32 Å². The molecular weight excluding hydrogens is 300 g/mol. The van der Waals surface area contributed by atoms with Gasteiger partial charge in [0.1, 0.15) is 5.69 Å². The van der Waals surface area contributed by atoms with Crippen LogP contribution in [0.1, 0.15) is 19.0 Å². The number of nitrogens with zero attached hydrogens (tertiary/aromatic N) is 2. The van der Waals surface area contributed by atoms with Crippen molar-refractivity contribution in [2.75, 3.05) is 26.8 Å². The summed E-state index contributed by atoms with van der Waals surface area (Å²) < 4.78 is 5.23. The number of urea groups is 1. The lowest BCUT2D eigenvalue weighted by Gasteiger charge is -2.16. The largest absolute Gasteiger partial charge is 0.382 e. The maximum Gasteiger partial charge on any atom is 0.317 e. The van der Waals surface area contributed by atoms with Crippen LogP contribution in [0, 0.1) is 0 Å². The summed E-state index contributed by atoms with van der Waals surface area (Å²) in [6.07, 6.45) is 0.819. The molecule has 0 aromatic carbocycles. The third kappa shape index (κ3) is 4.85. The summed E-state index contributed by atoms with van der Waals surface area (Å²) in [5, 5.41) is 12.1. The molecule has 2 heterocycles. The van der Waals surface area contributed by atoms with E-state index in [0.29, 0.717) is 26.3 Å². The minimum Gasteiger partial charge on any atom is -0.382 e. The third-order valence-electron chi connectivity index (χ3n) is 3.10. The smallest absolute Gasteiger partial charge is 0.317 e. The number of rotatable bonds is 8. The van der Waals surface area contributed by atoms with Crippen LogP contribution in [0.4, 0.5) is 4.79 Å². The zero-order valence-electron chi connectivity index (χ0n) is 13.0. The van der Waals surface area contributed by atoms with Crippen molar-refractivity contribution in [2.45, 2.75) is 19.9 Å². The number of nitrogens with one attached hydrogen (secondary N) is 2. The highest BCUT2D eigenvalue weighted by molar-refractivity contribution is 7.13. The highest BCUT2D eigenvalue weighted by Crippen LogP contribution is 2.23. The highest BCUT2D eigenvalue weighted by atomic mass is 32.1. The molecular formula is C15H22N4O2S. The molecule has 0 radical (unpaired) electrons. The Bertz CT molecular complexity index is 568. The number of aromatic nitrogens is 2. The van der Waals surface area contributed by atoms with Gasteiger partial charge in [0.15, 0.2) is 0 Å². The molecule has 0 aliphatic rings. The molecule has 2 amide bonds. The van der Waals surface area contributed by atoms with Crippen LogP contribution in [0.25, 0.3) is 10.6 Å². The minimum atomic E-state index is -0.0937. The molecule has 2 aromatic heterocycles. The first-order chi connectivity index (χ1) is 10.7. The van der Waals surface area contributed by atoms with Crippen molar-refractivity contribution in [2.24, 2.45) is 0 Å². The van der Waals surface area contributed by atoms with Crippen molar-refractivity contribution in [3.05, 3.63) is 29.3 Å². The van der Waals surface area contributed by atoms with E-state index in [0.717, 1.165) is 22.7 Å². The van der Waals surface area contributed by atoms with E-state index in [-0.39, 0.29) is 6.03 Å². The molecule has 0 bridgehead atoms. The molecule has 0 fully saturated rings. The molecule has 0 unspecified atom stereocenters. The molecule has 0 atom stereocenters. The van der Waals surface area contributed by atoms with E-state index >= 15 is 0 Å². The Morgan fingerprint density at radius 1 is 1.55 bits per heavy atom. The standard InChI is InChI=1S/C15H22N4O2S/c1-3-21-8-5-7-16-15(20)19(2)11-12-10-13(18-17-12)14-6-4-9-22-14/h4,6,9-10H,3,5,7-8,11H2,1-2H3,(H,16,20)(H,17,18). The quantitative estimate of drug-likeness (QED) is 0.734. The molecule has 0 saturated heterocycles. The summed E-state index contributed by atoms with van der Waals surface area (Å²) in [5.74, 6) is 0. The van der Waals surface area contributed by atoms with Gasteiger partial charge in [-0.3, -0.25) is 5.10 Å². The molecule has 22 heavy (non-hydrogen) atoms. The van der Waals surface area contributed by atoms with Crippen LogP contribution in [-0.2, 0) is 11.3 Å². The van der Waals surface area contributed by atoms with E-state index in [2.05, 4.69) is 15.5 Å². The van der Waals surface area contributed by atoms with Crippen molar-refractivity contribution >= 4 is 17.4 Å². The van der Waals surface area contributed by atoms with Gasteiger partial charge < -0.3 is 15.0 Å². The lowest BCUT2D eigenvalue weighted by atomic mass is 10.3. The Kier molecular flexibility index (Phi) is 6.42. The van der Waals surface area contributed by atoms with Crippen LogP contribution in [-0.4, -0.2) is 47.9 Å². The highest BCUT2D eigenvalue weighted by Gasteiger charge is 2.11. The zero-order valence-corrected chi connectivity index (χ0v) is 13.8. The van der Waals surface area contributed by atoms with Gasteiger partial charge in [0.2, 0.25) is 0 Å². The maximum absolute atomic E-state index is 12.0. The topological polar surface area (TPSA) is 70.2 Å². The number of hydrogen-bond donors (Lipinski definition) is 2. The second kappa shape index (κ2) is 8.55. The molecule has 0 aliphatic carbocycles. The van der Waals surface area contributed by atoms with E-state index < -0.39 is 0 Å². The van der Waals surface area contributed by atoms with Gasteiger partial charge in [-0.15, -0.1) is 11.3 Å². The average molecular weight is 322 g/mol. The van der Waals surface area contributed by atoms with Gasteiger partial charge in [-0.25, -0.2) is 4.79 Å². The fourth-order valence-corrected chi connectivity index (χ4v) is 2.66. The van der Waals surface area contributed by atoms with E-state index in [1.807, 2.05) is 30.5 Å². The molecule has 0 aliphatic heterocycles. The fraction of sp³-hybridized carbons (Fsp3) is 0.467. The zero-order chi connectivity index (χ0) is 15.8. The predicted octanol–water partition coefficient (Wildman–Crippen LogP) is 2.71. The molecule has 0 saturated carbocycles. The van der Waals surface area contributed by atoms with E-state index in [1.54, 1.807) is 23.3 Å². The number of carbonyl (C=O) groups excluding carboxylic acids is 1. The molecule has 7 heteroatoms. The summed E-state index contributed by atoms with van der Waals surface area (Å²) >= 11 is 1.64. The van der Waals surface area contributed by atoms with Crippen LogP contribution in [0.3, 0.4) is 0 Å². The van der Waals surface area contributed by atoms with Crippen LogP contribution in [0.5, 0.6) is 0 Å². The number of aromatic amines is 1. The Balaban J connectivity index is 1.76. The Hall–Kier alpha value is -1.86. The van der Waals surface area contributed by atoms with Gasteiger partial charge in [-0.2, -0.15) is 5.10 Å². The molecule has 2 N–H and O–H groups in total. The summed E-state index contributed by atoms with van der Waals surface area (Å²) in [4.78, 5) is 14.7. The number of hydrogen-bond acceptors (Lipinski definition) is 4. The first-order valence-electron chi connectivity index (χ1n) is 7.35. The van der Waals surface area contributed by atoms with E-state index in [1.165, 1.54) is 0 Å². The molecule has 2 aromatic rings. The maximum atomic E-state index is 12.0. The van der Waals surface area contributed by atoms with Crippen molar-refractivity contribution in [1.82, 2.24) is 20.4 Å². The Morgan fingerprint density at radius 3 is 3.14 bits per heavy atom. The average Bonchev–Trinajstić information content (AvgIpc) is 3.17. The number of H-pyrrole nitrogens is 1. The predicted molar refractivity (Wildman–Crippen MR) is 87.9 cm³/mol. The van der Waals surface area contributed by atoms with Crippen LogP contribution in [0.15, 0.2) is 23.6 Å². The van der Waals surface area contributed by atoms with Gasteiger partial charge in [-0.1, -0.05) is 6.07 Å². The first kappa shape index (κ1) is 16.5. The lowest BCUT2D eigenvalue weighted by molar-refractivity contribution is 0.144. The van der Waals surface area contributed by atoms with Gasteiger partial charge in [-0.05, 0) is 30.9 Å². The van der Waals surface area contributed by atoms with Crippen molar-refractivity contribution in [3.8, 4) is 10.6 Å². The van der Waals surface area contributed by atoms with E-state index in [9.17, 15) is 4.79 Å². The molecule has 6 nitrogen and oxygen atoms in total. The van der Waals surface area contributed by atoms with Gasteiger partial charge in [0, 0.05) is 26.8 Å².